The Morgan fingerprint density at radius 2 is 1.73 bits per heavy atom. The Bertz CT molecular complexity index is 975. The highest BCUT2D eigenvalue weighted by Gasteiger charge is 2.32. The van der Waals surface area contributed by atoms with Crippen molar-refractivity contribution in [1.29, 1.82) is 0 Å². The first-order valence-corrected chi connectivity index (χ1v) is 8.89. The number of ether oxygens (including phenoxy) is 3. The summed E-state index contributed by atoms with van der Waals surface area (Å²) in [6, 6.07) is 7.63. The number of amides is 2. The molecule has 2 rings (SSSR count). The molecule has 160 valence electrons. The van der Waals surface area contributed by atoms with Gasteiger partial charge in [0.2, 0.25) is 17.4 Å². The van der Waals surface area contributed by atoms with E-state index in [0.29, 0.717) is 11.3 Å². The van der Waals surface area contributed by atoms with Crippen LogP contribution in [0.2, 0.25) is 0 Å². The smallest absolute Gasteiger partial charge is 0.327 e. The molecule has 1 atom stereocenters. The summed E-state index contributed by atoms with van der Waals surface area (Å²) in [6.45, 7) is 3.11. The number of hydrogen-bond acceptors (Lipinski definition) is 7. The first-order valence-electron chi connectivity index (χ1n) is 8.89. The van der Waals surface area contributed by atoms with Crippen molar-refractivity contribution in [3.63, 3.8) is 0 Å². The second kappa shape index (κ2) is 9.59. The molecule has 2 N–H and O–H groups in total. The molecule has 0 aliphatic heterocycles. The van der Waals surface area contributed by atoms with Crippen molar-refractivity contribution in [3.05, 3.63) is 51.6 Å². The van der Waals surface area contributed by atoms with Crippen molar-refractivity contribution in [1.82, 2.24) is 5.32 Å². The molecule has 10 nitrogen and oxygen atoms in total. The first kappa shape index (κ1) is 22.5. The lowest BCUT2D eigenvalue weighted by atomic mass is 10.1. The topological polar surface area (TPSA) is 129 Å². The molecule has 0 aliphatic rings. The molecule has 2 aromatic carbocycles. The van der Waals surface area contributed by atoms with Crippen LogP contribution in [0, 0.1) is 10.1 Å². The predicted octanol–water partition coefficient (Wildman–Crippen LogP) is 3.07. The number of carbonyl (C=O) groups is 2. The van der Waals surface area contributed by atoms with Crippen LogP contribution in [0.15, 0.2) is 30.3 Å². The summed E-state index contributed by atoms with van der Waals surface area (Å²) in [5.41, 5.74) is 0.496. The average molecular weight is 417 g/mol. The third-order valence-electron chi connectivity index (χ3n) is 4.29. The molecule has 0 radical (unpaired) electrons. The van der Waals surface area contributed by atoms with Gasteiger partial charge in [-0.15, -0.1) is 0 Å². The van der Waals surface area contributed by atoms with Crippen molar-refractivity contribution in [2.24, 2.45) is 0 Å². The summed E-state index contributed by atoms with van der Waals surface area (Å²) in [5, 5.41) is 17.1. The lowest BCUT2D eigenvalue weighted by molar-refractivity contribution is -0.386. The minimum Gasteiger partial charge on any atom is -0.493 e. The van der Waals surface area contributed by atoms with Crippen LogP contribution in [0.1, 0.15) is 35.8 Å². The van der Waals surface area contributed by atoms with Crippen LogP contribution < -0.4 is 24.8 Å². The van der Waals surface area contributed by atoms with Crippen molar-refractivity contribution < 1.29 is 28.7 Å². The van der Waals surface area contributed by atoms with E-state index in [-0.39, 0.29) is 28.7 Å². The van der Waals surface area contributed by atoms with Crippen LogP contribution in [0.25, 0.3) is 0 Å². The lowest BCUT2D eigenvalue weighted by Crippen LogP contribution is -2.27. The number of nitrogens with zero attached hydrogens (tertiary/aromatic N) is 1. The highest BCUT2D eigenvalue weighted by atomic mass is 16.6. The van der Waals surface area contributed by atoms with Gasteiger partial charge in [-0.2, -0.15) is 0 Å². The maximum Gasteiger partial charge on any atom is 0.327 e. The first-order chi connectivity index (χ1) is 14.2. The zero-order valence-corrected chi connectivity index (χ0v) is 17.3. The number of hydrogen-bond donors (Lipinski definition) is 2. The molecule has 1 unspecified atom stereocenters. The summed E-state index contributed by atoms with van der Waals surface area (Å²) in [7, 11) is 3.90. The van der Waals surface area contributed by atoms with Gasteiger partial charge in [0.15, 0.2) is 5.75 Å². The molecule has 10 heteroatoms. The Morgan fingerprint density at radius 3 is 2.27 bits per heavy atom. The summed E-state index contributed by atoms with van der Waals surface area (Å²) in [4.78, 5) is 35.1. The number of nitro benzene ring substituents is 1. The van der Waals surface area contributed by atoms with Gasteiger partial charge in [0, 0.05) is 18.7 Å². The van der Waals surface area contributed by atoms with E-state index >= 15 is 0 Å². The Balaban J connectivity index is 2.43. The van der Waals surface area contributed by atoms with Crippen LogP contribution >= 0.6 is 0 Å². The van der Waals surface area contributed by atoms with Gasteiger partial charge in [0.05, 0.1) is 32.3 Å². The van der Waals surface area contributed by atoms with E-state index in [0.717, 1.165) is 0 Å². The number of methoxy groups -OCH3 is 3. The number of carbonyl (C=O) groups excluding carboxylic acids is 2. The summed E-state index contributed by atoms with van der Waals surface area (Å²) in [5.74, 6) is -1.01. The normalized spacial score (nSPS) is 11.2. The third kappa shape index (κ3) is 4.77. The van der Waals surface area contributed by atoms with Crippen LogP contribution in [-0.2, 0) is 4.79 Å². The minimum atomic E-state index is -0.711. The van der Waals surface area contributed by atoms with E-state index in [9.17, 15) is 19.7 Å². The molecule has 0 saturated heterocycles. The standard InChI is InChI=1S/C20H23N3O7/c1-11(13-7-6-8-14(9-13)22-12(2)24)21-20(25)15-10-16(28-3)18(29-4)19(30-5)17(15)23(26)27/h6-11H,1-5H3,(H,21,25)(H,22,24). The zero-order chi connectivity index (χ0) is 22.4. The fourth-order valence-electron chi connectivity index (χ4n) is 2.94. The predicted molar refractivity (Wildman–Crippen MR) is 109 cm³/mol. The van der Waals surface area contributed by atoms with Gasteiger partial charge < -0.3 is 24.8 Å². The van der Waals surface area contributed by atoms with E-state index in [1.54, 1.807) is 31.2 Å². The SMILES string of the molecule is COc1cc(C(=O)NC(C)c2cccc(NC(C)=O)c2)c([N+](=O)[O-])c(OC)c1OC. The van der Waals surface area contributed by atoms with E-state index in [1.165, 1.54) is 34.3 Å². The molecule has 0 aromatic heterocycles. The summed E-state index contributed by atoms with van der Waals surface area (Å²) < 4.78 is 15.5. The molecule has 0 spiro atoms. The molecule has 0 fully saturated rings. The van der Waals surface area contributed by atoms with Gasteiger partial charge in [-0.1, -0.05) is 12.1 Å². The maximum atomic E-state index is 12.9. The molecule has 0 bridgehead atoms. The highest BCUT2D eigenvalue weighted by molar-refractivity contribution is 6.01. The lowest BCUT2D eigenvalue weighted by Gasteiger charge is -2.18. The maximum absolute atomic E-state index is 12.9. The monoisotopic (exact) mass is 417 g/mol. The molecule has 0 heterocycles. The largest absolute Gasteiger partial charge is 0.493 e. The number of anilines is 1. The molecule has 0 saturated carbocycles. The second-order valence-electron chi connectivity index (χ2n) is 6.30. The molecule has 2 amide bonds. The van der Waals surface area contributed by atoms with Gasteiger partial charge in [-0.3, -0.25) is 19.7 Å². The van der Waals surface area contributed by atoms with E-state index in [4.69, 9.17) is 14.2 Å². The summed E-state index contributed by atoms with van der Waals surface area (Å²) in [6.07, 6.45) is 0. The molecular weight excluding hydrogens is 394 g/mol. The number of nitro groups is 1. The fraction of sp³-hybridized carbons (Fsp3) is 0.300. The van der Waals surface area contributed by atoms with Crippen molar-refractivity contribution >= 4 is 23.2 Å². The Kier molecular flexibility index (Phi) is 7.18. The minimum absolute atomic E-state index is 0.0132. The van der Waals surface area contributed by atoms with Gasteiger partial charge in [0.1, 0.15) is 5.56 Å². The Labute approximate surface area is 173 Å². The zero-order valence-electron chi connectivity index (χ0n) is 17.3. The Morgan fingerprint density at radius 1 is 1.07 bits per heavy atom. The van der Waals surface area contributed by atoms with Gasteiger partial charge in [-0.25, -0.2) is 0 Å². The fourth-order valence-corrected chi connectivity index (χ4v) is 2.94. The molecular formula is C20H23N3O7. The quantitative estimate of drug-likeness (QED) is 0.499. The molecule has 2 aromatic rings. The summed E-state index contributed by atoms with van der Waals surface area (Å²) >= 11 is 0. The third-order valence-corrected chi connectivity index (χ3v) is 4.29. The number of benzene rings is 2. The van der Waals surface area contributed by atoms with Crippen molar-refractivity contribution in [3.8, 4) is 17.2 Å². The van der Waals surface area contributed by atoms with Gasteiger partial charge in [0.25, 0.3) is 5.91 Å². The van der Waals surface area contributed by atoms with E-state index in [1.807, 2.05) is 0 Å². The number of rotatable bonds is 8. The van der Waals surface area contributed by atoms with E-state index in [2.05, 4.69) is 10.6 Å². The van der Waals surface area contributed by atoms with Crippen LogP contribution in [0.4, 0.5) is 11.4 Å². The molecule has 30 heavy (non-hydrogen) atoms. The van der Waals surface area contributed by atoms with Crippen molar-refractivity contribution in [2.75, 3.05) is 26.6 Å². The van der Waals surface area contributed by atoms with Gasteiger partial charge in [-0.05, 0) is 24.6 Å². The van der Waals surface area contributed by atoms with Crippen LogP contribution in [0.5, 0.6) is 17.2 Å². The second-order valence-corrected chi connectivity index (χ2v) is 6.30. The highest BCUT2D eigenvalue weighted by Crippen LogP contribution is 2.46. The number of nitrogens with one attached hydrogen (secondary N) is 2. The Hall–Kier alpha value is -3.82. The molecule has 0 aliphatic carbocycles. The van der Waals surface area contributed by atoms with Crippen LogP contribution in [0.3, 0.4) is 0 Å². The van der Waals surface area contributed by atoms with Crippen LogP contribution in [-0.4, -0.2) is 38.1 Å². The van der Waals surface area contributed by atoms with E-state index < -0.39 is 22.6 Å². The van der Waals surface area contributed by atoms with Gasteiger partial charge >= 0.3 is 5.69 Å². The van der Waals surface area contributed by atoms with Crippen molar-refractivity contribution in [2.45, 2.75) is 19.9 Å². The average Bonchev–Trinajstić information content (AvgIpc) is 2.71.